The Morgan fingerprint density at radius 2 is 1.97 bits per heavy atom. The monoisotopic (exact) mass is 400 g/mol. The first-order valence-electron chi connectivity index (χ1n) is 11.0. The number of aliphatic imine (C=N–C) groups is 1. The fourth-order valence-corrected chi connectivity index (χ4v) is 3.87. The fourth-order valence-electron chi connectivity index (χ4n) is 3.87. The number of nitrogens with one attached hydrogen (secondary N) is 1. The van der Waals surface area contributed by atoms with Crippen molar-refractivity contribution in [2.75, 3.05) is 46.5 Å². The molecule has 0 amide bonds. The predicted molar refractivity (Wildman–Crippen MR) is 120 cm³/mol. The molecule has 6 heteroatoms. The Morgan fingerprint density at radius 1 is 1.14 bits per heavy atom. The Labute approximate surface area is 174 Å². The van der Waals surface area contributed by atoms with E-state index >= 15 is 0 Å². The van der Waals surface area contributed by atoms with Crippen molar-refractivity contribution in [1.29, 1.82) is 0 Å². The number of methoxy groups -OCH3 is 1. The van der Waals surface area contributed by atoms with Crippen LogP contribution in [0.3, 0.4) is 0 Å². The molecule has 0 spiro atoms. The van der Waals surface area contributed by atoms with E-state index < -0.39 is 0 Å². The maximum atomic E-state index is 5.98. The van der Waals surface area contributed by atoms with E-state index in [1.54, 1.807) is 7.11 Å². The summed E-state index contributed by atoms with van der Waals surface area (Å²) in [6.45, 7) is 8.43. The first-order valence-corrected chi connectivity index (χ1v) is 11.0. The quantitative estimate of drug-likeness (QED) is 0.377. The van der Waals surface area contributed by atoms with Gasteiger partial charge in [0.2, 0.25) is 0 Å². The van der Waals surface area contributed by atoms with Crippen LogP contribution in [0.5, 0.6) is 0 Å². The second-order valence-electron chi connectivity index (χ2n) is 7.56. The number of aryl methyl sites for hydroxylation is 1. The molecule has 2 heterocycles. The van der Waals surface area contributed by atoms with Gasteiger partial charge in [0.1, 0.15) is 0 Å². The van der Waals surface area contributed by atoms with Crippen molar-refractivity contribution in [2.24, 2.45) is 4.99 Å². The van der Waals surface area contributed by atoms with Crippen LogP contribution in [0.1, 0.15) is 32.6 Å². The zero-order chi connectivity index (χ0) is 20.3. The molecule has 1 aliphatic heterocycles. The lowest BCUT2D eigenvalue weighted by Crippen LogP contribution is -2.47. The largest absolute Gasteiger partial charge is 0.385 e. The minimum absolute atomic E-state index is 0.369. The van der Waals surface area contributed by atoms with Gasteiger partial charge in [0.15, 0.2) is 5.96 Å². The van der Waals surface area contributed by atoms with Gasteiger partial charge in [0.25, 0.3) is 0 Å². The highest BCUT2D eigenvalue weighted by Gasteiger charge is 2.21. The summed E-state index contributed by atoms with van der Waals surface area (Å²) in [4.78, 5) is 7.27. The van der Waals surface area contributed by atoms with Crippen molar-refractivity contribution in [2.45, 2.75) is 45.3 Å². The molecule has 1 fully saturated rings. The fraction of sp³-hybridized carbons (Fsp3) is 0.609. The van der Waals surface area contributed by atoms with Crippen LogP contribution < -0.4 is 5.32 Å². The van der Waals surface area contributed by atoms with E-state index in [9.17, 15) is 0 Å². The molecule has 2 aromatic rings. The van der Waals surface area contributed by atoms with Crippen molar-refractivity contribution in [1.82, 2.24) is 14.8 Å². The molecule has 0 unspecified atom stereocenters. The van der Waals surface area contributed by atoms with Gasteiger partial charge in [-0.3, -0.25) is 4.99 Å². The Kier molecular flexibility index (Phi) is 8.83. The summed E-state index contributed by atoms with van der Waals surface area (Å²) in [5, 5.41) is 4.76. The zero-order valence-electron chi connectivity index (χ0n) is 18.0. The third-order valence-corrected chi connectivity index (χ3v) is 5.42. The van der Waals surface area contributed by atoms with Gasteiger partial charge in [-0.05, 0) is 50.1 Å². The van der Waals surface area contributed by atoms with E-state index in [2.05, 4.69) is 58.2 Å². The summed E-state index contributed by atoms with van der Waals surface area (Å²) in [5.74, 6) is 1.04. The molecule has 1 N–H and O–H groups in total. The molecule has 29 heavy (non-hydrogen) atoms. The number of hydrogen-bond donors (Lipinski definition) is 1. The number of rotatable bonds is 10. The van der Waals surface area contributed by atoms with Crippen molar-refractivity contribution in [3.63, 3.8) is 0 Å². The topological polar surface area (TPSA) is 51.0 Å². The molecule has 3 rings (SSSR count). The Hall–Kier alpha value is -2.05. The van der Waals surface area contributed by atoms with Gasteiger partial charge in [-0.2, -0.15) is 0 Å². The first kappa shape index (κ1) is 21.7. The molecular formula is C23H36N4O2. The van der Waals surface area contributed by atoms with Crippen LogP contribution in [-0.2, 0) is 16.0 Å². The molecular weight excluding hydrogens is 364 g/mol. The van der Waals surface area contributed by atoms with Crippen LogP contribution in [-0.4, -0.2) is 68.0 Å². The van der Waals surface area contributed by atoms with Crippen LogP contribution in [0.15, 0.2) is 41.5 Å². The summed E-state index contributed by atoms with van der Waals surface area (Å²) in [6, 6.07) is 10.7. The number of likely N-dealkylation sites (tertiary alicyclic amines) is 1. The van der Waals surface area contributed by atoms with Gasteiger partial charge in [-0.25, -0.2) is 0 Å². The number of fused-ring (bicyclic) bond motifs is 1. The highest BCUT2D eigenvalue weighted by atomic mass is 16.5. The summed E-state index contributed by atoms with van der Waals surface area (Å²) >= 11 is 0. The Balaban J connectivity index is 1.44. The first-order chi connectivity index (χ1) is 14.3. The van der Waals surface area contributed by atoms with Crippen LogP contribution in [0, 0.1) is 0 Å². The summed E-state index contributed by atoms with van der Waals surface area (Å²) in [7, 11) is 1.74. The van der Waals surface area contributed by atoms with E-state index in [0.29, 0.717) is 6.10 Å². The number of piperidine rings is 1. The molecule has 0 saturated carbocycles. The van der Waals surface area contributed by atoms with E-state index in [4.69, 9.17) is 14.5 Å². The Morgan fingerprint density at radius 3 is 2.76 bits per heavy atom. The summed E-state index contributed by atoms with van der Waals surface area (Å²) < 4.78 is 13.4. The number of hydrogen-bond acceptors (Lipinski definition) is 3. The predicted octanol–water partition coefficient (Wildman–Crippen LogP) is 3.51. The molecule has 1 aromatic heterocycles. The van der Waals surface area contributed by atoms with E-state index in [1.807, 2.05) is 0 Å². The van der Waals surface area contributed by atoms with Crippen LogP contribution in [0.25, 0.3) is 10.9 Å². The second-order valence-corrected chi connectivity index (χ2v) is 7.56. The number of guanidine groups is 1. The Bertz CT molecular complexity index is 750. The van der Waals surface area contributed by atoms with Crippen LogP contribution >= 0.6 is 0 Å². The lowest BCUT2D eigenvalue weighted by atomic mass is 10.1. The van der Waals surface area contributed by atoms with Crippen LogP contribution in [0.2, 0.25) is 0 Å². The molecule has 0 radical (unpaired) electrons. The molecule has 0 bridgehead atoms. The van der Waals surface area contributed by atoms with Gasteiger partial charge in [0.05, 0.1) is 6.10 Å². The van der Waals surface area contributed by atoms with Gasteiger partial charge in [-0.1, -0.05) is 18.2 Å². The number of para-hydroxylation sites is 1. The van der Waals surface area contributed by atoms with Crippen LogP contribution in [0.4, 0.5) is 0 Å². The lowest BCUT2D eigenvalue weighted by Gasteiger charge is -2.34. The number of aromatic nitrogens is 1. The van der Waals surface area contributed by atoms with Crippen molar-refractivity contribution in [3.05, 3.63) is 36.5 Å². The molecule has 1 saturated heterocycles. The highest BCUT2D eigenvalue weighted by Crippen LogP contribution is 2.16. The van der Waals surface area contributed by atoms with E-state index in [0.717, 1.165) is 77.6 Å². The lowest BCUT2D eigenvalue weighted by molar-refractivity contribution is 0.00990. The third-order valence-electron chi connectivity index (χ3n) is 5.42. The molecule has 160 valence electrons. The molecule has 6 nitrogen and oxygen atoms in total. The highest BCUT2D eigenvalue weighted by molar-refractivity contribution is 5.80. The van der Waals surface area contributed by atoms with E-state index in [1.165, 1.54) is 10.9 Å². The second kappa shape index (κ2) is 11.8. The van der Waals surface area contributed by atoms with Gasteiger partial charge >= 0.3 is 0 Å². The van der Waals surface area contributed by atoms with Crippen molar-refractivity contribution < 1.29 is 9.47 Å². The normalized spacial score (nSPS) is 15.9. The minimum atomic E-state index is 0.369. The van der Waals surface area contributed by atoms with Gasteiger partial charge in [-0.15, -0.1) is 0 Å². The summed E-state index contributed by atoms with van der Waals surface area (Å²) in [6.07, 6.45) is 6.67. The molecule has 0 aliphatic carbocycles. The van der Waals surface area contributed by atoms with Gasteiger partial charge in [0, 0.05) is 64.8 Å². The van der Waals surface area contributed by atoms with E-state index in [-0.39, 0.29) is 0 Å². The third kappa shape index (κ3) is 6.47. The molecule has 1 aliphatic rings. The standard InChI is InChI=1S/C23H36N4O2/c1-3-24-23(27-16-11-21(12-17-27)29-19-7-18-28-2)25-13-6-14-26-15-10-20-8-4-5-9-22(20)26/h4-5,8-10,15,21H,3,6-7,11-14,16-19H2,1-2H3,(H,24,25). The van der Waals surface area contributed by atoms with Crippen molar-refractivity contribution >= 4 is 16.9 Å². The number of benzene rings is 1. The number of ether oxygens (including phenoxy) is 2. The zero-order valence-corrected chi connectivity index (χ0v) is 18.0. The maximum Gasteiger partial charge on any atom is 0.193 e. The smallest absolute Gasteiger partial charge is 0.193 e. The SMILES string of the molecule is CCNC(=NCCCn1ccc2ccccc21)N1CCC(OCCCOC)CC1. The molecule has 1 aromatic carbocycles. The molecule has 0 atom stereocenters. The maximum absolute atomic E-state index is 5.98. The number of nitrogens with zero attached hydrogens (tertiary/aromatic N) is 3. The average Bonchev–Trinajstić information content (AvgIpc) is 3.17. The summed E-state index contributed by atoms with van der Waals surface area (Å²) in [5.41, 5.74) is 1.30. The average molecular weight is 401 g/mol. The van der Waals surface area contributed by atoms with Gasteiger partial charge < -0.3 is 24.3 Å². The minimum Gasteiger partial charge on any atom is -0.385 e. The van der Waals surface area contributed by atoms with Crippen molar-refractivity contribution in [3.8, 4) is 0 Å².